The van der Waals surface area contributed by atoms with Gasteiger partial charge in [-0.05, 0) is 43.0 Å². The van der Waals surface area contributed by atoms with Gasteiger partial charge in [-0.1, -0.05) is 6.92 Å². The molecule has 0 atom stereocenters. The minimum absolute atomic E-state index is 0.243. The number of nitrogens with one attached hydrogen (secondary N) is 2. The Hall–Kier alpha value is -2.67. The Kier molecular flexibility index (Phi) is 6.59. The summed E-state index contributed by atoms with van der Waals surface area (Å²) in [7, 11) is 1.59. The fourth-order valence-corrected chi connectivity index (χ4v) is 3.08. The molecular formula is C20H27N5O2. The number of benzene rings is 1. The topological polar surface area (TPSA) is 79.4 Å². The second kappa shape index (κ2) is 9.32. The molecule has 1 aliphatic rings. The zero-order chi connectivity index (χ0) is 19.1. The van der Waals surface area contributed by atoms with Gasteiger partial charge in [-0.15, -0.1) is 0 Å². The van der Waals surface area contributed by atoms with Gasteiger partial charge in [0, 0.05) is 44.2 Å². The number of amides is 1. The van der Waals surface area contributed by atoms with Crippen LogP contribution in [-0.2, 0) is 4.74 Å². The third-order valence-electron chi connectivity index (χ3n) is 4.78. The predicted molar refractivity (Wildman–Crippen MR) is 107 cm³/mol. The lowest BCUT2D eigenvalue weighted by Crippen LogP contribution is -2.32. The van der Waals surface area contributed by atoms with Crippen LogP contribution < -0.4 is 15.5 Å². The highest BCUT2D eigenvalue weighted by molar-refractivity contribution is 5.92. The molecule has 0 aliphatic carbocycles. The van der Waals surface area contributed by atoms with Crippen molar-refractivity contribution in [2.24, 2.45) is 5.92 Å². The number of anilines is 3. The zero-order valence-electron chi connectivity index (χ0n) is 15.9. The van der Waals surface area contributed by atoms with Crippen LogP contribution in [0.2, 0.25) is 0 Å². The zero-order valence-corrected chi connectivity index (χ0v) is 15.9. The van der Waals surface area contributed by atoms with Crippen LogP contribution in [0.15, 0.2) is 36.7 Å². The molecule has 1 aromatic carbocycles. The lowest BCUT2D eigenvalue weighted by Gasteiger charge is -2.32. The van der Waals surface area contributed by atoms with E-state index in [0.29, 0.717) is 24.7 Å². The highest BCUT2D eigenvalue weighted by atomic mass is 16.5. The molecule has 0 bridgehead atoms. The molecule has 2 aromatic rings. The average Bonchev–Trinajstić information content (AvgIpc) is 2.70. The van der Waals surface area contributed by atoms with Gasteiger partial charge in [-0.3, -0.25) is 4.79 Å². The Morgan fingerprint density at radius 3 is 2.67 bits per heavy atom. The van der Waals surface area contributed by atoms with Crippen LogP contribution in [0.5, 0.6) is 0 Å². The molecule has 3 rings (SSSR count). The van der Waals surface area contributed by atoms with E-state index in [1.807, 2.05) is 12.1 Å². The maximum atomic E-state index is 12.1. The molecule has 1 saturated heterocycles. The summed E-state index contributed by atoms with van der Waals surface area (Å²) in [6.45, 7) is 5.45. The van der Waals surface area contributed by atoms with Crippen molar-refractivity contribution in [2.45, 2.75) is 19.8 Å². The molecular weight excluding hydrogens is 342 g/mol. The summed E-state index contributed by atoms with van der Waals surface area (Å²) >= 11 is 0. The molecule has 27 heavy (non-hydrogen) atoms. The summed E-state index contributed by atoms with van der Waals surface area (Å²) in [4.78, 5) is 22.7. The first kappa shape index (κ1) is 19.1. The third kappa shape index (κ3) is 5.40. The largest absolute Gasteiger partial charge is 0.383 e. The lowest BCUT2D eigenvalue weighted by molar-refractivity contribution is 0.0932. The maximum absolute atomic E-state index is 12.1. The summed E-state index contributed by atoms with van der Waals surface area (Å²) in [5.41, 5.74) is 2.49. The Morgan fingerprint density at radius 2 is 1.96 bits per heavy atom. The normalized spacial score (nSPS) is 14.8. The number of ether oxygens (including phenoxy) is 1. The van der Waals surface area contributed by atoms with E-state index in [0.717, 1.165) is 24.7 Å². The van der Waals surface area contributed by atoms with E-state index in [9.17, 15) is 4.79 Å². The van der Waals surface area contributed by atoms with Gasteiger partial charge in [0.05, 0.1) is 6.61 Å². The maximum Gasteiger partial charge on any atom is 0.270 e. The van der Waals surface area contributed by atoms with Gasteiger partial charge in [-0.25, -0.2) is 9.97 Å². The van der Waals surface area contributed by atoms with Crippen LogP contribution in [0, 0.1) is 5.92 Å². The van der Waals surface area contributed by atoms with E-state index in [4.69, 9.17) is 4.74 Å². The van der Waals surface area contributed by atoms with Gasteiger partial charge in [0.1, 0.15) is 17.8 Å². The van der Waals surface area contributed by atoms with Gasteiger partial charge in [0.2, 0.25) is 0 Å². The van der Waals surface area contributed by atoms with Crippen molar-refractivity contribution in [3.63, 3.8) is 0 Å². The standard InChI is InChI=1S/C20H27N5O2/c1-15-7-10-25(11-8-15)17-5-3-16(4-6-17)24-19-13-18(22-14-23-19)20(26)21-9-12-27-2/h3-6,13-15H,7-12H2,1-2H3,(H,21,26)(H,22,23,24). The second-order valence-electron chi connectivity index (χ2n) is 6.88. The first-order valence-electron chi connectivity index (χ1n) is 9.37. The van der Waals surface area contributed by atoms with Gasteiger partial charge in [-0.2, -0.15) is 0 Å². The van der Waals surface area contributed by atoms with Gasteiger partial charge in [0.25, 0.3) is 5.91 Å². The van der Waals surface area contributed by atoms with Crippen molar-refractivity contribution in [1.82, 2.24) is 15.3 Å². The Bertz CT molecular complexity index is 742. The third-order valence-corrected chi connectivity index (χ3v) is 4.78. The van der Waals surface area contributed by atoms with Crippen LogP contribution in [0.4, 0.5) is 17.2 Å². The van der Waals surface area contributed by atoms with Crippen LogP contribution in [0.1, 0.15) is 30.3 Å². The van der Waals surface area contributed by atoms with Gasteiger partial charge in [0.15, 0.2) is 0 Å². The molecule has 0 saturated carbocycles. The second-order valence-corrected chi connectivity index (χ2v) is 6.88. The van der Waals surface area contributed by atoms with Crippen molar-refractivity contribution in [3.8, 4) is 0 Å². The molecule has 1 amide bonds. The van der Waals surface area contributed by atoms with E-state index >= 15 is 0 Å². The molecule has 1 fully saturated rings. The Balaban J connectivity index is 1.60. The molecule has 1 aromatic heterocycles. The molecule has 144 valence electrons. The number of carbonyl (C=O) groups excluding carboxylic acids is 1. The fourth-order valence-electron chi connectivity index (χ4n) is 3.08. The summed E-state index contributed by atoms with van der Waals surface area (Å²) in [6, 6.07) is 9.96. The lowest BCUT2D eigenvalue weighted by atomic mass is 9.99. The van der Waals surface area contributed by atoms with Crippen LogP contribution >= 0.6 is 0 Å². The highest BCUT2D eigenvalue weighted by Crippen LogP contribution is 2.25. The molecule has 1 aliphatic heterocycles. The minimum Gasteiger partial charge on any atom is -0.383 e. The van der Waals surface area contributed by atoms with E-state index in [1.165, 1.54) is 24.9 Å². The van der Waals surface area contributed by atoms with E-state index in [1.54, 1.807) is 13.2 Å². The number of hydrogen-bond donors (Lipinski definition) is 2. The molecule has 0 spiro atoms. The minimum atomic E-state index is -0.243. The number of rotatable bonds is 7. The number of piperidine rings is 1. The number of carbonyl (C=O) groups is 1. The molecule has 7 heteroatoms. The van der Waals surface area contributed by atoms with E-state index < -0.39 is 0 Å². The monoisotopic (exact) mass is 369 g/mol. The quantitative estimate of drug-likeness (QED) is 0.731. The summed E-state index contributed by atoms with van der Waals surface area (Å²) in [5, 5.41) is 5.98. The van der Waals surface area contributed by atoms with Crippen molar-refractivity contribution in [1.29, 1.82) is 0 Å². The number of nitrogens with zero attached hydrogens (tertiary/aromatic N) is 3. The molecule has 7 nitrogen and oxygen atoms in total. The summed E-state index contributed by atoms with van der Waals surface area (Å²) in [5.74, 6) is 1.16. The SMILES string of the molecule is COCCNC(=O)c1cc(Nc2ccc(N3CCC(C)CC3)cc2)ncn1. The smallest absolute Gasteiger partial charge is 0.270 e. The Labute approximate surface area is 160 Å². The summed E-state index contributed by atoms with van der Waals surface area (Å²) < 4.78 is 4.93. The summed E-state index contributed by atoms with van der Waals surface area (Å²) in [6.07, 6.45) is 3.88. The first-order chi connectivity index (χ1) is 13.2. The highest BCUT2D eigenvalue weighted by Gasteiger charge is 2.16. The van der Waals surface area contributed by atoms with Crippen LogP contribution in [0.3, 0.4) is 0 Å². The van der Waals surface area contributed by atoms with E-state index in [-0.39, 0.29) is 5.91 Å². The number of hydrogen-bond acceptors (Lipinski definition) is 6. The Morgan fingerprint density at radius 1 is 1.22 bits per heavy atom. The molecule has 0 unspecified atom stereocenters. The number of methoxy groups -OCH3 is 1. The molecule has 0 radical (unpaired) electrons. The van der Waals surface area contributed by atoms with Crippen LogP contribution in [0.25, 0.3) is 0 Å². The fraction of sp³-hybridized carbons (Fsp3) is 0.450. The first-order valence-corrected chi connectivity index (χ1v) is 9.37. The number of aromatic nitrogens is 2. The van der Waals surface area contributed by atoms with Gasteiger partial charge >= 0.3 is 0 Å². The van der Waals surface area contributed by atoms with Gasteiger partial charge < -0.3 is 20.3 Å². The van der Waals surface area contributed by atoms with Crippen molar-refractivity contribution in [3.05, 3.63) is 42.4 Å². The van der Waals surface area contributed by atoms with Crippen molar-refractivity contribution >= 4 is 23.1 Å². The average molecular weight is 369 g/mol. The predicted octanol–water partition coefficient (Wildman–Crippen LogP) is 2.83. The van der Waals surface area contributed by atoms with Crippen molar-refractivity contribution < 1.29 is 9.53 Å². The van der Waals surface area contributed by atoms with Crippen molar-refractivity contribution in [2.75, 3.05) is 43.6 Å². The van der Waals surface area contributed by atoms with E-state index in [2.05, 4.69) is 44.6 Å². The molecule has 2 N–H and O–H groups in total. The molecule has 2 heterocycles. The van der Waals surface area contributed by atoms with Crippen LogP contribution in [-0.4, -0.2) is 49.2 Å².